The topological polar surface area (TPSA) is 53.8 Å². The molecule has 0 unspecified atom stereocenters. The molecule has 0 fully saturated rings. The van der Waals surface area contributed by atoms with Gasteiger partial charge in [0.15, 0.2) is 0 Å². The maximum atomic E-state index is 13.3. The number of carbonyl (C=O) groups is 2. The van der Waals surface area contributed by atoms with Gasteiger partial charge >= 0.3 is 12.4 Å². The normalized spacial score (nSPS) is 11.7. The predicted octanol–water partition coefficient (Wildman–Crippen LogP) is 6.22. The molecule has 3 aromatic rings. The van der Waals surface area contributed by atoms with Crippen LogP contribution in [0.2, 0.25) is 0 Å². The highest BCUT2D eigenvalue weighted by atomic mass is 19.4. The standard InChI is InChI=1S/C27H24F6N2O3/c1-2-11-35(25(37)20-14-21(26(28,29)30)16-22(15-20)27(31,32)33)18-24(36)34(17-23-9-6-13-38-23)12-10-19-7-4-3-5-8-19/h2-9,13-16H,1,10-12,17-18H2. The molecule has 11 heteroatoms. The summed E-state index contributed by atoms with van der Waals surface area (Å²) in [6.45, 7) is 2.88. The highest BCUT2D eigenvalue weighted by Gasteiger charge is 2.38. The van der Waals surface area contributed by atoms with Gasteiger partial charge in [0, 0.05) is 18.7 Å². The molecule has 0 N–H and O–H groups in total. The molecule has 0 spiro atoms. The SMILES string of the molecule is C=CCN(CC(=O)N(CCc1ccccc1)Cc1ccco1)C(=O)c1cc(C(F)(F)F)cc(C(F)(F)F)c1. The van der Waals surface area contributed by atoms with E-state index >= 15 is 0 Å². The summed E-state index contributed by atoms with van der Waals surface area (Å²) in [4.78, 5) is 28.6. The minimum atomic E-state index is -5.12. The van der Waals surface area contributed by atoms with Crippen molar-refractivity contribution in [1.29, 1.82) is 0 Å². The summed E-state index contributed by atoms with van der Waals surface area (Å²) in [5.41, 5.74) is -3.15. The first-order valence-corrected chi connectivity index (χ1v) is 11.4. The molecule has 0 atom stereocenters. The maximum Gasteiger partial charge on any atom is 0.416 e. The second kappa shape index (κ2) is 12.0. The molecule has 0 aliphatic heterocycles. The number of halogens is 6. The van der Waals surface area contributed by atoms with Crippen LogP contribution in [0, 0.1) is 0 Å². The van der Waals surface area contributed by atoms with Crippen LogP contribution in [0.4, 0.5) is 26.3 Å². The fourth-order valence-electron chi connectivity index (χ4n) is 3.69. The fourth-order valence-corrected chi connectivity index (χ4v) is 3.69. The number of benzene rings is 2. The lowest BCUT2D eigenvalue weighted by Crippen LogP contribution is -2.43. The van der Waals surface area contributed by atoms with E-state index in [-0.39, 0.29) is 25.7 Å². The second-order valence-corrected chi connectivity index (χ2v) is 8.40. The van der Waals surface area contributed by atoms with Gasteiger partial charge in [0.2, 0.25) is 5.91 Å². The number of rotatable bonds is 10. The van der Waals surface area contributed by atoms with Gasteiger partial charge in [-0.05, 0) is 42.3 Å². The number of furan rings is 1. The molecule has 0 aliphatic rings. The van der Waals surface area contributed by atoms with Crippen molar-refractivity contribution in [2.75, 3.05) is 19.6 Å². The smallest absolute Gasteiger partial charge is 0.416 e. The molecule has 38 heavy (non-hydrogen) atoms. The van der Waals surface area contributed by atoms with Gasteiger partial charge in [-0.1, -0.05) is 36.4 Å². The molecular formula is C27H24F6N2O3. The van der Waals surface area contributed by atoms with Crippen molar-refractivity contribution < 1.29 is 40.3 Å². The van der Waals surface area contributed by atoms with Crippen molar-refractivity contribution in [2.45, 2.75) is 25.3 Å². The monoisotopic (exact) mass is 538 g/mol. The third kappa shape index (κ3) is 7.74. The lowest BCUT2D eigenvalue weighted by Gasteiger charge is -2.27. The molecule has 1 heterocycles. The first kappa shape index (κ1) is 28.5. The van der Waals surface area contributed by atoms with Crippen molar-refractivity contribution in [3.63, 3.8) is 0 Å². The van der Waals surface area contributed by atoms with E-state index in [0.29, 0.717) is 24.3 Å². The Hall–Kier alpha value is -4.02. The number of amides is 2. The maximum absolute atomic E-state index is 13.3. The van der Waals surface area contributed by atoms with Gasteiger partial charge in [-0.25, -0.2) is 0 Å². The average molecular weight is 538 g/mol. The molecule has 0 saturated carbocycles. The van der Waals surface area contributed by atoms with Crippen molar-refractivity contribution in [1.82, 2.24) is 9.80 Å². The molecule has 5 nitrogen and oxygen atoms in total. The van der Waals surface area contributed by atoms with E-state index in [0.717, 1.165) is 10.5 Å². The van der Waals surface area contributed by atoms with Gasteiger partial charge in [-0.15, -0.1) is 6.58 Å². The Kier molecular flexibility index (Phi) is 9.03. The van der Waals surface area contributed by atoms with Crippen LogP contribution in [0.3, 0.4) is 0 Å². The summed E-state index contributed by atoms with van der Waals surface area (Å²) < 4.78 is 85.1. The average Bonchev–Trinajstić information content (AvgIpc) is 3.38. The Labute approximate surface area is 215 Å². The molecule has 2 aromatic carbocycles. The van der Waals surface area contributed by atoms with Crippen molar-refractivity contribution in [2.24, 2.45) is 0 Å². The summed E-state index contributed by atoms with van der Waals surface area (Å²) in [6, 6.07) is 13.2. The number of hydrogen-bond donors (Lipinski definition) is 0. The van der Waals surface area contributed by atoms with Gasteiger partial charge in [-0.3, -0.25) is 9.59 Å². The summed E-state index contributed by atoms with van der Waals surface area (Å²) in [7, 11) is 0. The third-order valence-electron chi connectivity index (χ3n) is 5.59. The van der Waals surface area contributed by atoms with Crippen LogP contribution in [0.5, 0.6) is 0 Å². The summed E-state index contributed by atoms with van der Waals surface area (Å²) in [5.74, 6) is -1.29. The number of alkyl halides is 6. The lowest BCUT2D eigenvalue weighted by molar-refractivity contribution is -0.143. The van der Waals surface area contributed by atoms with E-state index in [4.69, 9.17) is 4.42 Å². The van der Waals surface area contributed by atoms with Crippen LogP contribution in [0.15, 0.2) is 84.0 Å². The van der Waals surface area contributed by atoms with Crippen LogP contribution >= 0.6 is 0 Å². The summed E-state index contributed by atoms with van der Waals surface area (Å²) in [6.07, 6.45) is -7.12. The third-order valence-corrected chi connectivity index (χ3v) is 5.59. The highest BCUT2D eigenvalue weighted by Crippen LogP contribution is 2.36. The molecule has 202 valence electrons. The number of hydrogen-bond acceptors (Lipinski definition) is 3. The molecule has 2 amide bonds. The molecule has 0 saturated heterocycles. The Morgan fingerprint density at radius 2 is 1.50 bits per heavy atom. The first-order chi connectivity index (χ1) is 17.9. The van der Waals surface area contributed by atoms with Gasteiger partial charge in [0.05, 0.1) is 23.9 Å². The van der Waals surface area contributed by atoms with E-state index in [1.807, 2.05) is 30.3 Å². The zero-order chi connectivity index (χ0) is 27.9. The molecular weight excluding hydrogens is 514 g/mol. The van der Waals surface area contributed by atoms with E-state index in [9.17, 15) is 35.9 Å². The zero-order valence-corrected chi connectivity index (χ0v) is 20.1. The lowest BCUT2D eigenvalue weighted by atomic mass is 10.0. The zero-order valence-electron chi connectivity index (χ0n) is 20.1. The Morgan fingerprint density at radius 3 is 2.03 bits per heavy atom. The van der Waals surface area contributed by atoms with Gasteiger partial charge in [0.25, 0.3) is 5.91 Å². The van der Waals surface area contributed by atoms with E-state index in [2.05, 4.69) is 6.58 Å². The van der Waals surface area contributed by atoms with Gasteiger partial charge in [-0.2, -0.15) is 26.3 Å². The van der Waals surface area contributed by atoms with Gasteiger partial charge in [0.1, 0.15) is 12.3 Å². The first-order valence-electron chi connectivity index (χ1n) is 11.4. The molecule has 0 radical (unpaired) electrons. The summed E-state index contributed by atoms with van der Waals surface area (Å²) >= 11 is 0. The highest BCUT2D eigenvalue weighted by molar-refractivity contribution is 5.97. The molecule has 3 rings (SSSR count). The Balaban J connectivity index is 1.87. The van der Waals surface area contributed by atoms with E-state index < -0.39 is 47.4 Å². The quantitative estimate of drug-likeness (QED) is 0.228. The number of nitrogens with zero attached hydrogens (tertiary/aromatic N) is 2. The predicted molar refractivity (Wildman–Crippen MR) is 127 cm³/mol. The van der Waals surface area contributed by atoms with Crippen LogP contribution < -0.4 is 0 Å². The van der Waals surface area contributed by atoms with Crippen molar-refractivity contribution in [3.05, 3.63) is 108 Å². The molecule has 0 aliphatic carbocycles. The van der Waals surface area contributed by atoms with Crippen LogP contribution in [0.1, 0.15) is 32.8 Å². The minimum Gasteiger partial charge on any atom is -0.467 e. The Bertz CT molecular complexity index is 1210. The molecule has 0 bridgehead atoms. The van der Waals surface area contributed by atoms with Gasteiger partial charge < -0.3 is 14.2 Å². The van der Waals surface area contributed by atoms with Crippen molar-refractivity contribution >= 4 is 11.8 Å². The van der Waals surface area contributed by atoms with E-state index in [1.165, 1.54) is 17.2 Å². The van der Waals surface area contributed by atoms with Crippen LogP contribution in [-0.4, -0.2) is 41.2 Å². The van der Waals surface area contributed by atoms with E-state index in [1.54, 1.807) is 12.1 Å². The largest absolute Gasteiger partial charge is 0.467 e. The fraction of sp³-hybridized carbons (Fsp3) is 0.259. The second-order valence-electron chi connectivity index (χ2n) is 8.40. The molecule has 1 aromatic heterocycles. The Morgan fingerprint density at radius 1 is 0.868 bits per heavy atom. The number of carbonyl (C=O) groups excluding carboxylic acids is 2. The van der Waals surface area contributed by atoms with Crippen LogP contribution in [0.25, 0.3) is 0 Å². The van der Waals surface area contributed by atoms with Crippen molar-refractivity contribution in [3.8, 4) is 0 Å². The van der Waals surface area contributed by atoms with Crippen LogP contribution in [-0.2, 0) is 30.1 Å². The minimum absolute atomic E-state index is 0.0522. The summed E-state index contributed by atoms with van der Waals surface area (Å²) in [5, 5.41) is 0.